The highest BCUT2D eigenvalue weighted by Gasteiger charge is 2.33. The monoisotopic (exact) mass is 269 g/mol. The zero-order valence-corrected chi connectivity index (χ0v) is 11.0. The van der Waals surface area contributed by atoms with E-state index >= 15 is 0 Å². The summed E-state index contributed by atoms with van der Waals surface area (Å²) in [5.74, 6) is 3.56. The third-order valence-corrected chi connectivity index (χ3v) is 3.38. The lowest BCUT2D eigenvalue weighted by Crippen LogP contribution is -2.22. The van der Waals surface area contributed by atoms with Crippen molar-refractivity contribution in [3.63, 3.8) is 0 Å². The van der Waals surface area contributed by atoms with Gasteiger partial charge in [-0.2, -0.15) is 0 Å². The second-order valence-electron chi connectivity index (χ2n) is 4.45. The summed E-state index contributed by atoms with van der Waals surface area (Å²) in [5.41, 5.74) is 0. The molecule has 2 rings (SSSR count). The van der Waals surface area contributed by atoms with Crippen molar-refractivity contribution in [3.05, 3.63) is 16.5 Å². The van der Waals surface area contributed by atoms with Gasteiger partial charge in [0.1, 0.15) is 16.2 Å². The summed E-state index contributed by atoms with van der Waals surface area (Å²) < 4.78 is 0.862. The van der Waals surface area contributed by atoms with Crippen LogP contribution in [-0.2, 0) is 0 Å². The van der Waals surface area contributed by atoms with Gasteiger partial charge in [-0.25, -0.2) is 9.97 Å². The van der Waals surface area contributed by atoms with Crippen LogP contribution >= 0.6 is 15.9 Å². The van der Waals surface area contributed by atoms with E-state index in [1.165, 1.54) is 6.42 Å². The molecule has 0 amide bonds. The predicted octanol–water partition coefficient (Wildman–Crippen LogP) is 2.64. The van der Waals surface area contributed by atoms with Crippen LogP contribution in [0.2, 0.25) is 0 Å². The Balaban J connectivity index is 2.07. The van der Waals surface area contributed by atoms with Gasteiger partial charge < -0.3 is 4.90 Å². The molecule has 1 saturated carbocycles. The Morgan fingerprint density at radius 2 is 2.20 bits per heavy atom. The fraction of sp³-hybridized carbons (Fsp3) is 0.636. The van der Waals surface area contributed by atoms with E-state index in [4.69, 9.17) is 0 Å². The van der Waals surface area contributed by atoms with Crippen molar-refractivity contribution in [2.75, 3.05) is 18.5 Å². The number of anilines is 1. The van der Waals surface area contributed by atoms with Gasteiger partial charge in [-0.05, 0) is 41.1 Å². The van der Waals surface area contributed by atoms with Crippen molar-refractivity contribution in [2.45, 2.75) is 20.3 Å². The Labute approximate surface area is 99.0 Å². The molecular formula is C11H16BrN3. The van der Waals surface area contributed by atoms with E-state index in [1.807, 2.05) is 13.0 Å². The molecule has 1 heterocycles. The minimum atomic E-state index is 0.815. The summed E-state index contributed by atoms with van der Waals surface area (Å²) in [6, 6.07) is 1.97. The summed E-state index contributed by atoms with van der Waals surface area (Å²) in [6.45, 7) is 5.32. The third kappa shape index (κ3) is 2.68. The van der Waals surface area contributed by atoms with Crippen LogP contribution in [0.15, 0.2) is 10.7 Å². The normalized spacial score (nSPS) is 24.0. The lowest BCUT2D eigenvalue weighted by atomic mass is 10.3. The first-order valence-electron chi connectivity index (χ1n) is 5.28. The van der Waals surface area contributed by atoms with E-state index in [2.05, 4.69) is 44.8 Å². The third-order valence-electron chi connectivity index (χ3n) is 2.97. The molecule has 0 bridgehead atoms. The summed E-state index contributed by atoms with van der Waals surface area (Å²) in [7, 11) is 2.10. The Hall–Kier alpha value is -0.640. The van der Waals surface area contributed by atoms with Crippen molar-refractivity contribution in [1.82, 2.24) is 9.97 Å². The Morgan fingerprint density at radius 1 is 1.53 bits per heavy atom. The van der Waals surface area contributed by atoms with Crippen LogP contribution in [0.3, 0.4) is 0 Å². The zero-order chi connectivity index (χ0) is 11.0. The first-order valence-corrected chi connectivity index (χ1v) is 6.08. The van der Waals surface area contributed by atoms with Gasteiger partial charge in [-0.1, -0.05) is 6.92 Å². The number of nitrogens with zero attached hydrogens (tertiary/aromatic N) is 3. The smallest absolute Gasteiger partial charge is 0.133 e. The fourth-order valence-corrected chi connectivity index (χ4v) is 2.27. The molecule has 2 unspecified atom stereocenters. The van der Waals surface area contributed by atoms with Gasteiger partial charge in [0.05, 0.1) is 0 Å². The van der Waals surface area contributed by atoms with Gasteiger partial charge in [-0.15, -0.1) is 0 Å². The molecule has 82 valence electrons. The molecule has 2 atom stereocenters. The highest BCUT2D eigenvalue weighted by atomic mass is 79.9. The Bertz CT molecular complexity index is 347. The number of hydrogen-bond acceptors (Lipinski definition) is 3. The quantitative estimate of drug-likeness (QED) is 0.791. The van der Waals surface area contributed by atoms with Crippen LogP contribution in [-0.4, -0.2) is 23.6 Å². The minimum Gasteiger partial charge on any atom is -0.359 e. The van der Waals surface area contributed by atoms with Crippen molar-refractivity contribution in [2.24, 2.45) is 11.8 Å². The molecule has 1 fully saturated rings. The van der Waals surface area contributed by atoms with E-state index in [0.29, 0.717) is 0 Å². The number of halogens is 1. The molecule has 1 aromatic heterocycles. The van der Waals surface area contributed by atoms with Crippen molar-refractivity contribution >= 4 is 21.7 Å². The zero-order valence-electron chi connectivity index (χ0n) is 9.37. The number of rotatable bonds is 3. The van der Waals surface area contributed by atoms with Gasteiger partial charge in [0.15, 0.2) is 0 Å². The maximum atomic E-state index is 4.42. The molecule has 0 saturated heterocycles. The molecule has 0 aliphatic heterocycles. The Morgan fingerprint density at radius 3 is 2.73 bits per heavy atom. The summed E-state index contributed by atoms with van der Waals surface area (Å²) in [5, 5.41) is 0. The lowest BCUT2D eigenvalue weighted by Gasteiger charge is -2.18. The van der Waals surface area contributed by atoms with E-state index < -0.39 is 0 Å². The second kappa shape index (κ2) is 4.08. The summed E-state index contributed by atoms with van der Waals surface area (Å²) in [4.78, 5) is 10.8. The van der Waals surface area contributed by atoms with Gasteiger partial charge in [-0.3, -0.25) is 0 Å². The fourth-order valence-electron chi connectivity index (χ4n) is 1.81. The van der Waals surface area contributed by atoms with Gasteiger partial charge in [0, 0.05) is 19.7 Å². The van der Waals surface area contributed by atoms with Crippen LogP contribution < -0.4 is 4.90 Å². The molecule has 1 aromatic rings. The predicted molar refractivity (Wildman–Crippen MR) is 65.0 cm³/mol. The molecule has 0 N–H and O–H groups in total. The average molecular weight is 270 g/mol. The Kier molecular flexibility index (Phi) is 2.96. The highest BCUT2D eigenvalue weighted by molar-refractivity contribution is 9.10. The molecule has 3 nitrogen and oxygen atoms in total. The van der Waals surface area contributed by atoms with E-state index in [0.717, 1.165) is 34.6 Å². The minimum absolute atomic E-state index is 0.815. The first kappa shape index (κ1) is 10.9. The topological polar surface area (TPSA) is 29.0 Å². The molecule has 15 heavy (non-hydrogen) atoms. The van der Waals surface area contributed by atoms with Crippen molar-refractivity contribution < 1.29 is 0 Å². The first-order chi connectivity index (χ1) is 7.06. The van der Waals surface area contributed by atoms with E-state index in [9.17, 15) is 0 Å². The SMILES string of the molecule is Cc1nc(Br)cc(N(C)CC2CC2C)n1. The standard InChI is InChI=1S/C11H16BrN3/c1-7-4-9(7)6-15(3)11-5-10(12)13-8(2)14-11/h5,7,9H,4,6H2,1-3H3. The summed E-state index contributed by atoms with van der Waals surface area (Å²) >= 11 is 3.40. The maximum absolute atomic E-state index is 4.42. The molecule has 0 spiro atoms. The van der Waals surface area contributed by atoms with Crippen LogP contribution in [0, 0.1) is 18.8 Å². The van der Waals surface area contributed by atoms with E-state index in [1.54, 1.807) is 0 Å². The maximum Gasteiger partial charge on any atom is 0.133 e. The molecule has 0 aromatic carbocycles. The molecule has 1 aliphatic rings. The van der Waals surface area contributed by atoms with Crippen molar-refractivity contribution in [3.8, 4) is 0 Å². The number of aromatic nitrogens is 2. The largest absolute Gasteiger partial charge is 0.359 e. The van der Waals surface area contributed by atoms with Crippen LogP contribution in [0.5, 0.6) is 0 Å². The van der Waals surface area contributed by atoms with Gasteiger partial charge in [0.2, 0.25) is 0 Å². The molecule has 4 heteroatoms. The van der Waals surface area contributed by atoms with Crippen LogP contribution in [0.25, 0.3) is 0 Å². The van der Waals surface area contributed by atoms with Crippen molar-refractivity contribution in [1.29, 1.82) is 0 Å². The summed E-state index contributed by atoms with van der Waals surface area (Å²) in [6.07, 6.45) is 1.36. The molecular weight excluding hydrogens is 254 g/mol. The van der Waals surface area contributed by atoms with E-state index in [-0.39, 0.29) is 0 Å². The van der Waals surface area contributed by atoms with Gasteiger partial charge in [0.25, 0.3) is 0 Å². The highest BCUT2D eigenvalue weighted by Crippen LogP contribution is 2.38. The lowest BCUT2D eigenvalue weighted by molar-refractivity contribution is 0.717. The van der Waals surface area contributed by atoms with Crippen LogP contribution in [0.4, 0.5) is 5.82 Å². The average Bonchev–Trinajstić information content (AvgIpc) is 2.79. The number of hydrogen-bond donors (Lipinski definition) is 0. The van der Waals surface area contributed by atoms with Crippen LogP contribution in [0.1, 0.15) is 19.2 Å². The molecule has 1 aliphatic carbocycles. The number of aryl methyl sites for hydroxylation is 1. The second-order valence-corrected chi connectivity index (χ2v) is 5.26. The molecule has 0 radical (unpaired) electrons. The van der Waals surface area contributed by atoms with Gasteiger partial charge >= 0.3 is 0 Å².